The maximum Gasteiger partial charge on any atom is 0.308 e. The van der Waals surface area contributed by atoms with Gasteiger partial charge in [-0.1, -0.05) is 26.7 Å². The molecule has 7 nitrogen and oxygen atoms in total. The quantitative estimate of drug-likeness (QED) is 0.276. The number of unbranched alkanes of at least 4 members (excludes halogenated alkanes) is 1. The fraction of sp³-hybridized carbons (Fsp3) is 0.944. The van der Waals surface area contributed by atoms with Gasteiger partial charge in [-0.05, 0) is 12.8 Å². The molecule has 0 radical (unpaired) electrons. The lowest BCUT2D eigenvalue weighted by atomic mass is 10.00. The van der Waals surface area contributed by atoms with Gasteiger partial charge in [-0.2, -0.15) is 0 Å². The van der Waals surface area contributed by atoms with Crippen LogP contribution >= 0.6 is 0 Å². The second kappa shape index (κ2) is 19.6. The largest absolute Gasteiger partial charge is 0.463 e. The fourth-order valence-electron chi connectivity index (χ4n) is 2.08. The Morgan fingerprint density at radius 3 is 1.72 bits per heavy atom. The molecular weight excluding hydrogens is 328 g/mol. The second-order valence-electron chi connectivity index (χ2n) is 5.59. The minimum Gasteiger partial charge on any atom is -0.463 e. The number of esters is 1. The highest BCUT2D eigenvalue weighted by atomic mass is 16.6. The van der Waals surface area contributed by atoms with Crippen LogP contribution in [0.15, 0.2) is 0 Å². The average Bonchev–Trinajstić information content (AvgIpc) is 2.62. The molecule has 0 spiro atoms. The van der Waals surface area contributed by atoms with E-state index in [1.165, 1.54) is 0 Å². The standard InChI is InChI=1S/C18H36O7/c1-3-5-6-17(4-2)18(20)25-16-15-24-14-13-23-12-11-22-10-9-21-8-7-19/h17,19H,3-16H2,1-2H3. The van der Waals surface area contributed by atoms with Crippen molar-refractivity contribution in [2.75, 3.05) is 66.1 Å². The van der Waals surface area contributed by atoms with E-state index in [0.717, 1.165) is 25.7 Å². The van der Waals surface area contributed by atoms with Crippen LogP contribution in [-0.2, 0) is 28.5 Å². The van der Waals surface area contributed by atoms with E-state index in [9.17, 15) is 4.79 Å². The van der Waals surface area contributed by atoms with Crippen LogP contribution in [0.1, 0.15) is 39.5 Å². The summed E-state index contributed by atoms with van der Waals surface area (Å²) in [6.07, 6.45) is 3.87. The predicted molar refractivity (Wildman–Crippen MR) is 94.6 cm³/mol. The molecule has 0 saturated carbocycles. The van der Waals surface area contributed by atoms with Gasteiger partial charge in [0.15, 0.2) is 0 Å². The lowest BCUT2D eigenvalue weighted by Crippen LogP contribution is -2.20. The van der Waals surface area contributed by atoms with Crippen molar-refractivity contribution in [3.8, 4) is 0 Å². The van der Waals surface area contributed by atoms with Crippen LogP contribution in [-0.4, -0.2) is 77.1 Å². The lowest BCUT2D eigenvalue weighted by molar-refractivity contribution is -0.150. The molecule has 0 bridgehead atoms. The van der Waals surface area contributed by atoms with E-state index in [1.807, 2.05) is 6.92 Å². The summed E-state index contributed by atoms with van der Waals surface area (Å²) in [5.74, 6) is -0.103. The van der Waals surface area contributed by atoms with Crippen LogP contribution in [0.5, 0.6) is 0 Å². The molecule has 0 amide bonds. The number of hydrogen-bond acceptors (Lipinski definition) is 7. The van der Waals surface area contributed by atoms with Gasteiger partial charge in [-0.15, -0.1) is 0 Å². The number of rotatable bonds is 19. The summed E-state index contributed by atoms with van der Waals surface area (Å²) in [6, 6.07) is 0. The molecule has 0 heterocycles. The molecule has 0 aliphatic rings. The third-order valence-corrected chi connectivity index (χ3v) is 3.56. The minimum atomic E-state index is -0.115. The van der Waals surface area contributed by atoms with Gasteiger partial charge in [0.1, 0.15) is 6.61 Å². The third-order valence-electron chi connectivity index (χ3n) is 3.56. The Morgan fingerprint density at radius 2 is 1.28 bits per heavy atom. The molecule has 0 rings (SSSR count). The molecule has 150 valence electrons. The average molecular weight is 364 g/mol. The highest BCUT2D eigenvalue weighted by molar-refractivity contribution is 5.72. The molecule has 0 aliphatic carbocycles. The van der Waals surface area contributed by atoms with Crippen molar-refractivity contribution in [2.24, 2.45) is 5.92 Å². The molecule has 1 atom stereocenters. The molecule has 0 aliphatic heterocycles. The van der Waals surface area contributed by atoms with Gasteiger partial charge in [-0.3, -0.25) is 4.79 Å². The molecule has 0 aromatic heterocycles. The lowest BCUT2D eigenvalue weighted by Gasteiger charge is -2.13. The Labute approximate surface area is 151 Å². The van der Waals surface area contributed by atoms with Crippen LogP contribution in [0.3, 0.4) is 0 Å². The number of aliphatic hydroxyl groups is 1. The predicted octanol–water partition coefficient (Wildman–Crippen LogP) is 1.80. The Balaban J connectivity index is 3.29. The smallest absolute Gasteiger partial charge is 0.308 e. The first-order valence-corrected chi connectivity index (χ1v) is 9.34. The van der Waals surface area contributed by atoms with Gasteiger partial charge in [0.25, 0.3) is 0 Å². The Morgan fingerprint density at radius 1 is 0.800 bits per heavy atom. The summed E-state index contributed by atoms with van der Waals surface area (Å²) in [5.41, 5.74) is 0. The zero-order chi connectivity index (χ0) is 18.6. The van der Waals surface area contributed by atoms with Crippen LogP contribution < -0.4 is 0 Å². The zero-order valence-electron chi connectivity index (χ0n) is 15.9. The van der Waals surface area contributed by atoms with Crippen molar-refractivity contribution in [1.82, 2.24) is 0 Å². The van der Waals surface area contributed by atoms with E-state index in [-0.39, 0.29) is 18.5 Å². The van der Waals surface area contributed by atoms with Crippen LogP contribution in [0, 0.1) is 5.92 Å². The van der Waals surface area contributed by atoms with Gasteiger partial charge in [-0.25, -0.2) is 0 Å². The molecule has 1 unspecified atom stereocenters. The molecular formula is C18H36O7. The number of carbonyl (C=O) groups excluding carboxylic acids is 1. The van der Waals surface area contributed by atoms with Crippen molar-refractivity contribution in [3.63, 3.8) is 0 Å². The molecule has 0 aromatic carbocycles. The van der Waals surface area contributed by atoms with Gasteiger partial charge < -0.3 is 28.8 Å². The summed E-state index contributed by atoms with van der Waals surface area (Å²) in [7, 11) is 0. The van der Waals surface area contributed by atoms with Crippen LogP contribution in [0.2, 0.25) is 0 Å². The Hall–Kier alpha value is -0.730. The second-order valence-corrected chi connectivity index (χ2v) is 5.59. The SMILES string of the molecule is CCCCC(CC)C(=O)OCCOCCOCCOCCOCCO. The highest BCUT2D eigenvalue weighted by Crippen LogP contribution is 2.14. The van der Waals surface area contributed by atoms with E-state index in [1.54, 1.807) is 0 Å². The summed E-state index contributed by atoms with van der Waals surface area (Å²) in [6.45, 7) is 8.07. The maximum absolute atomic E-state index is 11.9. The number of carbonyl (C=O) groups is 1. The molecule has 7 heteroatoms. The monoisotopic (exact) mass is 364 g/mol. The number of hydrogen-bond donors (Lipinski definition) is 1. The Kier molecular flexibility index (Phi) is 19.0. The van der Waals surface area contributed by atoms with E-state index < -0.39 is 0 Å². The van der Waals surface area contributed by atoms with E-state index in [4.69, 9.17) is 28.8 Å². The summed E-state index contributed by atoms with van der Waals surface area (Å²) in [5, 5.41) is 8.52. The van der Waals surface area contributed by atoms with Crippen molar-refractivity contribution in [2.45, 2.75) is 39.5 Å². The summed E-state index contributed by atoms with van der Waals surface area (Å²) < 4.78 is 26.3. The van der Waals surface area contributed by atoms with E-state index in [0.29, 0.717) is 59.5 Å². The summed E-state index contributed by atoms with van der Waals surface area (Å²) >= 11 is 0. The highest BCUT2D eigenvalue weighted by Gasteiger charge is 2.16. The number of aliphatic hydroxyl groups excluding tert-OH is 1. The maximum atomic E-state index is 11.9. The third kappa shape index (κ3) is 16.5. The first-order chi connectivity index (χ1) is 12.3. The number of ether oxygens (including phenoxy) is 5. The van der Waals surface area contributed by atoms with Crippen molar-refractivity contribution < 1.29 is 33.6 Å². The molecule has 0 saturated heterocycles. The fourth-order valence-corrected chi connectivity index (χ4v) is 2.08. The van der Waals surface area contributed by atoms with Crippen molar-refractivity contribution >= 4 is 5.97 Å². The molecule has 0 aromatic rings. The first-order valence-electron chi connectivity index (χ1n) is 9.34. The molecule has 0 fully saturated rings. The van der Waals surface area contributed by atoms with E-state index in [2.05, 4.69) is 6.92 Å². The molecule has 1 N–H and O–H groups in total. The van der Waals surface area contributed by atoms with Crippen LogP contribution in [0.25, 0.3) is 0 Å². The summed E-state index contributed by atoms with van der Waals surface area (Å²) in [4.78, 5) is 11.9. The van der Waals surface area contributed by atoms with Crippen LogP contribution in [0.4, 0.5) is 0 Å². The van der Waals surface area contributed by atoms with Gasteiger partial charge in [0.2, 0.25) is 0 Å². The minimum absolute atomic E-state index is 0.0114. The van der Waals surface area contributed by atoms with Gasteiger partial charge in [0.05, 0.1) is 65.4 Å². The van der Waals surface area contributed by atoms with E-state index >= 15 is 0 Å². The van der Waals surface area contributed by atoms with Gasteiger partial charge >= 0.3 is 5.97 Å². The van der Waals surface area contributed by atoms with Crippen molar-refractivity contribution in [1.29, 1.82) is 0 Å². The van der Waals surface area contributed by atoms with Gasteiger partial charge in [0, 0.05) is 0 Å². The topological polar surface area (TPSA) is 83.5 Å². The van der Waals surface area contributed by atoms with Crippen molar-refractivity contribution in [3.05, 3.63) is 0 Å². The first kappa shape index (κ1) is 24.3. The normalized spacial score (nSPS) is 12.3. The molecule has 25 heavy (non-hydrogen) atoms. The Bertz CT molecular complexity index is 287. The zero-order valence-corrected chi connectivity index (χ0v) is 15.9.